The molecule has 3 aromatic rings. The first-order valence-corrected chi connectivity index (χ1v) is 11.1. The molecular formula is C20H19FN4O4S2. The molecule has 2 heterocycles. The average molecular weight is 463 g/mol. The third kappa shape index (κ3) is 6.46. The van der Waals surface area contributed by atoms with Crippen molar-refractivity contribution in [3.05, 3.63) is 68.3 Å². The fraction of sp³-hybridized carbons (Fsp3) is 0.250. The summed E-state index contributed by atoms with van der Waals surface area (Å²) >= 11 is 2.29. The molecule has 0 aliphatic carbocycles. The van der Waals surface area contributed by atoms with Gasteiger partial charge in [-0.3, -0.25) is 9.59 Å². The summed E-state index contributed by atoms with van der Waals surface area (Å²) in [4.78, 5) is 47.6. The predicted octanol–water partition coefficient (Wildman–Crippen LogP) is 3.32. The molecule has 0 aliphatic rings. The summed E-state index contributed by atoms with van der Waals surface area (Å²) in [5.41, 5.74) is 1.25. The van der Waals surface area contributed by atoms with Crippen LogP contribution in [0.5, 0.6) is 0 Å². The lowest BCUT2D eigenvalue weighted by Crippen LogP contribution is -2.18. The maximum absolute atomic E-state index is 13.0. The number of hydrogen-bond donors (Lipinski definition) is 2. The number of nitrogens with one attached hydrogen (secondary N) is 2. The molecule has 0 saturated heterocycles. The number of anilines is 1. The molecule has 0 aliphatic heterocycles. The number of rotatable bonds is 8. The SMILES string of the molecule is CCOC(=O)c1sc(NC(=O)Cc2cc(=O)[nH]c(SCc3ccc(F)cc3)n2)nc1C. The average Bonchev–Trinajstić information content (AvgIpc) is 3.07. The Bertz CT molecular complexity index is 1140. The third-order valence-corrected chi connectivity index (χ3v) is 5.90. The van der Waals surface area contributed by atoms with Gasteiger partial charge in [0, 0.05) is 11.8 Å². The van der Waals surface area contributed by atoms with Gasteiger partial charge in [0.05, 0.1) is 24.4 Å². The van der Waals surface area contributed by atoms with Crippen molar-refractivity contribution in [2.75, 3.05) is 11.9 Å². The number of H-pyrrole nitrogens is 1. The van der Waals surface area contributed by atoms with E-state index in [0.717, 1.165) is 16.9 Å². The summed E-state index contributed by atoms with van der Waals surface area (Å²) in [5, 5.41) is 3.24. The van der Waals surface area contributed by atoms with E-state index >= 15 is 0 Å². The zero-order chi connectivity index (χ0) is 22.4. The minimum atomic E-state index is -0.489. The van der Waals surface area contributed by atoms with E-state index in [2.05, 4.69) is 20.3 Å². The molecule has 2 aromatic heterocycles. The molecule has 162 valence electrons. The Balaban J connectivity index is 1.63. The van der Waals surface area contributed by atoms with E-state index in [9.17, 15) is 18.8 Å². The normalized spacial score (nSPS) is 10.7. The standard InChI is InChI=1S/C20H19FN4O4S2/c1-3-29-18(28)17-11(2)22-20(31-17)25-16(27)9-14-8-15(26)24-19(23-14)30-10-12-4-6-13(21)7-5-12/h4-8H,3,9-10H2,1-2H3,(H,22,25,27)(H,23,24,26). The molecule has 1 amide bonds. The summed E-state index contributed by atoms with van der Waals surface area (Å²) < 4.78 is 18.0. The van der Waals surface area contributed by atoms with Gasteiger partial charge in [0.2, 0.25) is 5.91 Å². The van der Waals surface area contributed by atoms with E-state index in [1.165, 1.54) is 30.0 Å². The molecule has 0 fully saturated rings. The van der Waals surface area contributed by atoms with Gasteiger partial charge in [-0.25, -0.2) is 19.2 Å². The Kier molecular flexibility index (Phi) is 7.53. The third-order valence-electron chi connectivity index (χ3n) is 3.91. The quantitative estimate of drug-likeness (QED) is 0.300. The van der Waals surface area contributed by atoms with Crippen molar-refractivity contribution in [2.24, 2.45) is 0 Å². The van der Waals surface area contributed by atoms with Gasteiger partial charge in [0.25, 0.3) is 5.56 Å². The van der Waals surface area contributed by atoms with Crippen molar-refractivity contribution in [2.45, 2.75) is 31.2 Å². The van der Waals surface area contributed by atoms with Crippen molar-refractivity contribution in [1.82, 2.24) is 15.0 Å². The van der Waals surface area contributed by atoms with Gasteiger partial charge in [0.15, 0.2) is 10.3 Å². The lowest BCUT2D eigenvalue weighted by atomic mass is 10.2. The van der Waals surface area contributed by atoms with Crippen LogP contribution in [0.15, 0.2) is 40.3 Å². The second-order valence-electron chi connectivity index (χ2n) is 6.34. The van der Waals surface area contributed by atoms with Crippen LogP contribution in [-0.4, -0.2) is 33.4 Å². The maximum atomic E-state index is 13.0. The molecule has 2 N–H and O–H groups in total. The summed E-state index contributed by atoms with van der Waals surface area (Å²) in [6.45, 7) is 3.60. The highest BCUT2D eigenvalue weighted by Crippen LogP contribution is 2.24. The number of thiazole rings is 1. The van der Waals surface area contributed by atoms with Gasteiger partial charge >= 0.3 is 5.97 Å². The first-order valence-electron chi connectivity index (χ1n) is 9.26. The van der Waals surface area contributed by atoms with Gasteiger partial charge in [-0.05, 0) is 31.5 Å². The number of nitrogens with zero attached hydrogens (tertiary/aromatic N) is 2. The van der Waals surface area contributed by atoms with Crippen LogP contribution >= 0.6 is 23.1 Å². The number of carbonyl (C=O) groups is 2. The Morgan fingerprint density at radius 1 is 1.26 bits per heavy atom. The second kappa shape index (κ2) is 10.3. The van der Waals surface area contributed by atoms with Gasteiger partial charge in [-0.15, -0.1) is 0 Å². The number of carbonyl (C=O) groups excluding carboxylic acids is 2. The van der Waals surface area contributed by atoms with E-state index < -0.39 is 11.9 Å². The van der Waals surface area contributed by atoms with Crippen molar-refractivity contribution >= 4 is 40.1 Å². The monoisotopic (exact) mass is 462 g/mol. The highest BCUT2D eigenvalue weighted by molar-refractivity contribution is 7.98. The number of aromatic nitrogens is 3. The first kappa shape index (κ1) is 22.6. The minimum Gasteiger partial charge on any atom is -0.462 e. The highest BCUT2D eigenvalue weighted by Gasteiger charge is 2.18. The molecule has 0 radical (unpaired) electrons. The number of benzene rings is 1. The maximum Gasteiger partial charge on any atom is 0.350 e. The molecule has 31 heavy (non-hydrogen) atoms. The highest BCUT2D eigenvalue weighted by atomic mass is 32.2. The predicted molar refractivity (Wildman–Crippen MR) is 116 cm³/mol. The van der Waals surface area contributed by atoms with Gasteiger partial charge in [-0.2, -0.15) is 0 Å². The molecule has 3 rings (SSSR count). The van der Waals surface area contributed by atoms with E-state index in [1.54, 1.807) is 26.0 Å². The summed E-state index contributed by atoms with van der Waals surface area (Å²) in [7, 11) is 0. The zero-order valence-electron chi connectivity index (χ0n) is 16.7. The molecule has 11 heteroatoms. The lowest BCUT2D eigenvalue weighted by molar-refractivity contribution is -0.115. The Labute approximate surface area is 185 Å². The molecular weight excluding hydrogens is 443 g/mol. The van der Waals surface area contributed by atoms with E-state index in [-0.39, 0.29) is 29.5 Å². The number of aromatic amines is 1. The molecule has 0 unspecified atom stereocenters. The van der Waals surface area contributed by atoms with E-state index in [0.29, 0.717) is 27.2 Å². The van der Waals surface area contributed by atoms with Crippen LogP contribution in [0.3, 0.4) is 0 Å². The van der Waals surface area contributed by atoms with Crippen LogP contribution < -0.4 is 10.9 Å². The van der Waals surface area contributed by atoms with Crippen LogP contribution in [0.4, 0.5) is 9.52 Å². The molecule has 1 aromatic carbocycles. The number of halogens is 1. The Morgan fingerprint density at radius 3 is 2.71 bits per heavy atom. The fourth-order valence-corrected chi connectivity index (χ4v) is 4.27. The number of thioether (sulfide) groups is 1. The summed E-state index contributed by atoms with van der Waals surface area (Å²) in [6.07, 6.45) is -0.138. The molecule has 0 saturated carbocycles. The molecule has 0 atom stereocenters. The Morgan fingerprint density at radius 2 is 2.00 bits per heavy atom. The first-order chi connectivity index (χ1) is 14.8. The van der Waals surface area contributed by atoms with Crippen LogP contribution in [0, 0.1) is 12.7 Å². The minimum absolute atomic E-state index is 0.138. The number of ether oxygens (including phenoxy) is 1. The van der Waals surface area contributed by atoms with Gasteiger partial charge in [-0.1, -0.05) is 35.2 Å². The molecule has 0 bridgehead atoms. The molecule has 8 nitrogen and oxygen atoms in total. The van der Waals surface area contributed by atoms with Crippen molar-refractivity contribution in [3.63, 3.8) is 0 Å². The van der Waals surface area contributed by atoms with Crippen molar-refractivity contribution in [1.29, 1.82) is 0 Å². The number of amides is 1. The zero-order valence-corrected chi connectivity index (χ0v) is 18.4. The fourth-order valence-electron chi connectivity index (χ4n) is 2.54. The smallest absolute Gasteiger partial charge is 0.350 e. The number of hydrogen-bond acceptors (Lipinski definition) is 8. The van der Waals surface area contributed by atoms with Crippen LogP contribution in [0.25, 0.3) is 0 Å². The van der Waals surface area contributed by atoms with E-state index in [4.69, 9.17) is 4.74 Å². The van der Waals surface area contributed by atoms with Gasteiger partial charge in [0.1, 0.15) is 10.7 Å². The number of esters is 1. The lowest BCUT2D eigenvalue weighted by Gasteiger charge is -2.05. The Hall–Kier alpha value is -3.05. The summed E-state index contributed by atoms with van der Waals surface area (Å²) in [6, 6.07) is 7.27. The summed E-state index contributed by atoms with van der Waals surface area (Å²) in [5.74, 6) is -0.750. The van der Waals surface area contributed by atoms with Crippen molar-refractivity contribution in [3.8, 4) is 0 Å². The second-order valence-corrected chi connectivity index (χ2v) is 8.30. The van der Waals surface area contributed by atoms with Crippen LogP contribution in [0.2, 0.25) is 0 Å². The van der Waals surface area contributed by atoms with Crippen LogP contribution in [0.1, 0.15) is 33.5 Å². The van der Waals surface area contributed by atoms with E-state index in [1.807, 2.05) is 0 Å². The largest absolute Gasteiger partial charge is 0.462 e. The topological polar surface area (TPSA) is 114 Å². The van der Waals surface area contributed by atoms with Crippen molar-refractivity contribution < 1.29 is 18.7 Å². The van der Waals surface area contributed by atoms with Crippen LogP contribution in [-0.2, 0) is 21.7 Å². The molecule has 0 spiro atoms. The van der Waals surface area contributed by atoms with Gasteiger partial charge < -0.3 is 15.0 Å². The number of aryl methyl sites for hydroxylation is 1.